The molecule has 1 aromatic rings. The zero-order chi connectivity index (χ0) is 13.9. The molecule has 0 radical (unpaired) electrons. The van der Waals surface area contributed by atoms with Gasteiger partial charge in [-0.15, -0.1) is 0 Å². The fourth-order valence-corrected chi connectivity index (χ4v) is 1.66. The van der Waals surface area contributed by atoms with Gasteiger partial charge >= 0.3 is 0 Å². The van der Waals surface area contributed by atoms with Crippen LogP contribution in [0, 0.1) is 11.8 Å². The lowest BCUT2D eigenvalue weighted by atomic mass is 10.1. The normalized spacial score (nSPS) is 9.58. The van der Waals surface area contributed by atoms with E-state index in [1.54, 1.807) is 18.3 Å². The second kappa shape index (κ2) is 9.12. The SMILES string of the molecule is CCCCCCNC(=O)c1ncccc1C#CCO. The minimum Gasteiger partial charge on any atom is -0.384 e. The van der Waals surface area contributed by atoms with Crippen molar-refractivity contribution in [2.24, 2.45) is 0 Å². The van der Waals surface area contributed by atoms with E-state index in [0.717, 1.165) is 12.8 Å². The number of carbonyl (C=O) groups is 1. The summed E-state index contributed by atoms with van der Waals surface area (Å²) in [4.78, 5) is 16.0. The largest absolute Gasteiger partial charge is 0.384 e. The number of carbonyl (C=O) groups excluding carboxylic acids is 1. The number of nitrogens with zero attached hydrogens (tertiary/aromatic N) is 1. The van der Waals surface area contributed by atoms with E-state index < -0.39 is 0 Å². The van der Waals surface area contributed by atoms with Crippen molar-refractivity contribution in [1.29, 1.82) is 0 Å². The topological polar surface area (TPSA) is 62.2 Å². The van der Waals surface area contributed by atoms with Gasteiger partial charge in [0.1, 0.15) is 12.3 Å². The standard InChI is InChI=1S/C15H20N2O2/c1-2-3-4-5-10-17-15(19)14-13(9-7-12-18)8-6-11-16-14/h6,8,11,18H,2-5,10,12H2,1H3,(H,17,19). The van der Waals surface area contributed by atoms with Gasteiger partial charge < -0.3 is 10.4 Å². The maximum absolute atomic E-state index is 12.0. The highest BCUT2D eigenvalue weighted by molar-refractivity contribution is 5.94. The molecule has 0 aliphatic heterocycles. The minimum absolute atomic E-state index is 0.209. The molecule has 0 aliphatic carbocycles. The van der Waals surface area contributed by atoms with E-state index in [9.17, 15) is 4.79 Å². The number of pyridine rings is 1. The highest BCUT2D eigenvalue weighted by atomic mass is 16.2. The fourth-order valence-electron chi connectivity index (χ4n) is 1.66. The van der Waals surface area contributed by atoms with Crippen LogP contribution in [0.25, 0.3) is 0 Å². The molecule has 19 heavy (non-hydrogen) atoms. The van der Waals surface area contributed by atoms with Crippen LogP contribution in [-0.2, 0) is 0 Å². The van der Waals surface area contributed by atoms with Crippen LogP contribution in [-0.4, -0.2) is 29.1 Å². The summed E-state index contributed by atoms with van der Waals surface area (Å²) < 4.78 is 0. The number of aromatic nitrogens is 1. The van der Waals surface area contributed by atoms with E-state index in [0.29, 0.717) is 17.8 Å². The second-order valence-electron chi connectivity index (χ2n) is 4.18. The minimum atomic E-state index is -0.229. The van der Waals surface area contributed by atoms with Crippen molar-refractivity contribution in [2.45, 2.75) is 32.6 Å². The summed E-state index contributed by atoms with van der Waals surface area (Å²) in [7, 11) is 0. The number of aliphatic hydroxyl groups is 1. The zero-order valence-electron chi connectivity index (χ0n) is 11.3. The number of aliphatic hydroxyl groups excluding tert-OH is 1. The van der Waals surface area contributed by atoms with Crippen LogP contribution in [0.15, 0.2) is 18.3 Å². The number of rotatable bonds is 6. The first kappa shape index (κ1) is 15.2. The first-order valence-corrected chi connectivity index (χ1v) is 6.62. The second-order valence-corrected chi connectivity index (χ2v) is 4.18. The molecule has 0 atom stereocenters. The van der Waals surface area contributed by atoms with Crippen LogP contribution in [0.2, 0.25) is 0 Å². The molecule has 0 fully saturated rings. The highest BCUT2D eigenvalue weighted by Gasteiger charge is 2.10. The average Bonchev–Trinajstić information content (AvgIpc) is 2.45. The Labute approximate surface area is 114 Å². The van der Waals surface area contributed by atoms with Crippen LogP contribution in [0.3, 0.4) is 0 Å². The van der Waals surface area contributed by atoms with Crippen LogP contribution >= 0.6 is 0 Å². The van der Waals surface area contributed by atoms with Gasteiger partial charge in [0, 0.05) is 12.7 Å². The Hall–Kier alpha value is -1.86. The molecule has 0 spiro atoms. The third kappa shape index (κ3) is 5.54. The van der Waals surface area contributed by atoms with Gasteiger partial charge in [0.05, 0.1) is 5.56 Å². The highest BCUT2D eigenvalue weighted by Crippen LogP contribution is 2.04. The van der Waals surface area contributed by atoms with Crippen molar-refractivity contribution >= 4 is 5.91 Å². The Morgan fingerprint density at radius 3 is 3.00 bits per heavy atom. The molecular formula is C15H20N2O2. The Balaban J connectivity index is 2.56. The third-order valence-electron chi connectivity index (χ3n) is 2.64. The Kier molecular flexibility index (Phi) is 7.30. The van der Waals surface area contributed by atoms with Crippen molar-refractivity contribution in [2.75, 3.05) is 13.2 Å². The lowest BCUT2D eigenvalue weighted by Gasteiger charge is -2.05. The van der Waals surface area contributed by atoms with Crippen LogP contribution in [0.1, 0.15) is 48.7 Å². The molecule has 1 aromatic heterocycles. The molecule has 0 saturated heterocycles. The van der Waals surface area contributed by atoms with E-state index in [2.05, 4.69) is 29.1 Å². The summed E-state index contributed by atoms with van der Waals surface area (Å²) in [5, 5.41) is 11.5. The molecule has 0 saturated carbocycles. The van der Waals surface area contributed by atoms with Gasteiger partial charge in [-0.25, -0.2) is 4.98 Å². The quantitative estimate of drug-likeness (QED) is 0.605. The van der Waals surface area contributed by atoms with Crippen molar-refractivity contribution in [1.82, 2.24) is 10.3 Å². The van der Waals surface area contributed by atoms with Crippen molar-refractivity contribution in [3.8, 4) is 11.8 Å². The van der Waals surface area contributed by atoms with Gasteiger partial charge in [-0.2, -0.15) is 0 Å². The average molecular weight is 260 g/mol. The van der Waals surface area contributed by atoms with Crippen molar-refractivity contribution in [3.63, 3.8) is 0 Å². The number of hydrogen-bond donors (Lipinski definition) is 2. The molecular weight excluding hydrogens is 240 g/mol. The van der Waals surface area contributed by atoms with Crippen molar-refractivity contribution in [3.05, 3.63) is 29.6 Å². The van der Waals surface area contributed by atoms with Gasteiger partial charge in [0.2, 0.25) is 0 Å². The smallest absolute Gasteiger partial charge is 0.271 e. The molecule has 1 heterocycles. The predicted octanol–water partition coefficient (Wildman–Crippen LogP) is 1.74. The number of unbranched alkanes of at least 4 members (excludes halogenated alkanes) is 3. The summed E-state index contributed by atoms with van der Waals surface area (Å²) in [6.45, 7) is 2.58. The summed E-state index contributed by atoms with van der Waals surface area (Å²) in [6, 6.07) is 3.45. The summed E-state index contributed by atoms with van der Waals surface area (Å²) in [6.07, 6.45) is 6.03. The molecule has 0 bridgehead atoms. The summed E-state index contributed by atoms with van der Waals surface area (Å²) in [5.74, 6) is 5.05. The van der Waals surface area contributed by atoms with Gasteiger partial charge in [0.25, 0.3) is 5.91 Å². The predicted molar refractivity (Wildman–Crippen MR) is 74.7 cm³/mol. The molecule has 0 aromatic carbocycles. The van der Waals surface area contributed by atoms with E-state index >= 15 is 0 Å². The lowest BCUT2D eigenvalue weighted by Crippen LogP contribution is -2.26. The zero-order valence-corrected chi connectivity index (χ0v) is 11.3. The molecule has 4 heteroatoms. The Bertz CT molecular complexity index is 461. The molecule has 4 nitrogen and oxygen atoms in total. The van der Waals surface area contributed by atoms with Gasteiger partial charge in [0.15, 0.2) is 0 Å². The maximum atomic E-state index is 12.0. The number of hydrogen-bond acceptors (Lipinski definition) is 3. The molecule has 0 unspecified atom stereocenters. The molecule has 1 rings (SSSR count). The van der Waals surface area contributed by atoms with E-state index in [1.807, 2.05) is 0 Å². The van der Waals surface area contributed by atoms with E-state index in [1.165, 1.54) is 12.8 Å². The molecule has 2 N–H and O–H groups in total. The number of nitrogens with one attached hydrogen (secondary N) is 1. The maximum Gasteiger partial charge on any atom is 0.271 e. The van der Waals surface area contributed by atoms with Crippen LogP contribution in [0.4, 0.5) is 0 Å². The number of amides is 1. The van der Waals surface area contributed by atoms with E-state index in [-0.39, 0.29) is 12.5 Å². The Morgan fingerprint density at radius 1 is 1.42 bits per heavy atom. The Morgan fingerprint density at radius 2 is 2.26 bits per heavy atom. The fraction of sp³-hybridized carbons (Fsp3) is 0.467. The first-order valence-electron chi connectivity index (χ1n) is 6.62. The van der Waals surface area contributed by atoms with Gasteiger partial charge in [-0.05, 0) is 18.6 Å². The summed E-state index contributed by atoms with van der Waals surface area (Å²) in [5.41, 5.74) is 0.863. The van der Waals surface area contributed by atoms with Gasteiger partial charge in [-0.3, -0.25) is 4.79 Å². The van der Waals surface area contributed by atoms with E-state index in [4.69, 9.17) is 5.11 Å². The molecule has 1 amide bonds. The first-order chi connectivity index (χ1) is 9.29. The van der Waals surface area contributed by atoms with Gasteiger partial charge in [-0.1, -0.05) is 38.0 Å². The third-order valence-corrected chi connectivity index (χ3v) is 2.64. The lowest BCUT2D eigenvalue weighted by molar-refractivity contribution is 0.0947. The van der Waals surface area contributed by atoms with Crippen LogP contribution < -0.4 is 5.32 Å². The monoisotopic (exact) mass is 260 g/mol. The van der Waals surface area contributed by atoms with Crippen LogP contribution in [0.5, 0.6) is 0 Å². The molecule has 0 aliphatic rings. The van der Waals surface area contributed by atoms with Crippen molar-refractivity contribution < 1.29 is 9.90 Å². The summed E-state index contributed by atoms with van der Waals surface area (Å²) >= 11 is 0. The molecule has 102 valence electrons.